The van der Waals surface area contributed by atoms with Crippen LogP contribution in [0.25, 0.3) is 28.1 Å². The maximum absolute atomic E-state index is 13.7. The summed E-state index contributed by atoms with van der Waals surface area (Å²) in [5.41, 5.74) is 6.08. The minimum atomic E-state index is -0.266. The summed E-state index contributed by atoms with van der Waals surface area (Å²) in [6, 6.07) is 22.7. The molecule has 1 saturated carbocycles. The molecule has 37 heavy (non-hydrogen) atoms. The highest BCUT2D eigenvalue weighted by atomic mass is 19.1. The molecule has 2 heterocycles. The van der Waals surface area contributed by atoms with E-state index in [1.807, 2.05) is 56.3 Å². The van der Waals surface area contributed by atoms with Crippen LogP contribution < -0.4 is 15.4 Å². The molecule has 2 aliphatic carbocycles. The number of halogens is 1. The number of methoxy groups -OCH3 is 1. The maximum Gasteiger partial charge on any atom is 0.213 e. The molecule has 0 bridgehead atoms. The van der Waals surface area contributed by atoms with Gasteiger partial charge in [0.2, 0.25) is 5.88 Å². The molecule has 6 rings (SSSR count). The second-order valence-electron chi connectivity index (χ2n) is 8.70. The molecule has 1 N–H and O–H groups in total. The number of para-hydroxylation sites is 2. The number of nitrogens with one attached hydrogen (secondary N) is 1. The lowest BCUT2D eigenvalue weighted by Gasteiger charge is -2.23. The van der Waals surface area contributed by atoms with E-state index < -0.39 is 0 Å². The van der Waals surface area contributed by atoms with Crippen LogP contribution in [0.3, 0.4) is 0 Å². The molecule has 2 aromatic carbocycles. The molecule has 188 valence electrons. The Morgan fingerprint density at radius 2 is 1.78 bits per heavy atom. The fraction of sp³-hybridized carbons (Fsp3) is 0.233. The average molecular weight is 496 g/mol. The van der Waals surface area contributed by atoms with Gasteiger partial charge in [0.1, 0.15) is 5.82 Å². The van der Waals surface area contributed by atoms with Gasteiger partial charge in [0, 0.05) is 11.8 Å². The number of hydrogen-bond acceptors (Lipinski definition) is 5. The topological polar surface area (TPSA) is 64.3 Å². The molecule has 0 atom stereocenters. The number of benzene rings is 3. The summed E-state index contributed by atoms with van der Waals surface area (Å²) in [7, 11) is 1.60. The van der Waals surface area contributed by atoms with Crippen molar-refractivity contribution in [2.45, 2.75) is 39.2 Å². The van der Waals surface area contributed by atoms with Crippen LogP contribution in [0.2, 0.25) is 0 Å². The molecule has 3 aliphatic rings. The van der Waals surface area contributed by atoms with Gasteiger partial charge in [-0.3, -0.25) is 4.99 Å². The number of aromatic nitrogens is 3. The predicted molar refractivity (Wildman–Crippen MR) is 146 cm³/mol. The number of nitrogens with zero attached hydrogens (tertiary/aromatic N) is 4. The van der Waals surface area contributed by atoms with E-state index in [1.165, 1.54) is 18.6 Å². The van der Waals surface area contributed by atoms with Crippen LogP contribution >= 0.6 is 0 Å². The van der Waals surface area contributed by atoms with Gasteiger partial charge < -0.3 is 14.6 Å². The van der Waals surface area contributed by atoms with Gasteiger partial charge in [-0.25, -0.2) is 14.4 Å². The molecule has 1 aliphatic heterocycles. The Balaban J connectivity index is 0.00000137. The fourth-order valence-corrected chi connectivity index (χ4v) is 4.36. The molecule has 0 spiro atoms. The van der Waals surface area contributed by atoms with Crippen molar-refractivity contribution in [1.82, 2.24) is 14.5 Å². The van der Waals surface area contributed by atoms with E-state index >= 15 is 0 Å². The molecule has 3 aromatic rings. The van der Waals surface area contributed by atoms with Crippen molar-refractivity contribution in [3.63, 3.8) is 0 Å². The minimum Gasteiger partial charge on any atom is -0.481 e. The highest BCUT2D eigenvalue weighted by Gasteiger charge is 2.19. The predicted octanol–water partition coefficient (Wildman–Crippen LogP) is 6.90. The molecule has 1 fully saturated rings. The first-order valence-corrected chi connectivity index (χ1v) is 12.7. The zero-order valence-corrected chi connectivity index (χ0v) is 21.3. The summed E-state index contributed by atoms with van der Waals surface area (Å²) in [5.74, 6) is 0.291. The van der Waals surface area contributed by atoms with Gasteiger partial charge in [0.05, 0.1) is 58.5 Å². The first kappa shape index (κ1) is 24.4. The average Bonchev–Trinajstić information content (AvgIpc) is 2.92. The van der Waals surface area contributed by atoms with E-state index in [0.717, 1.165) is 57.7 Å². The first-order chi connectivity index (χ1) is 18.2. The smallest absolute Gasteiger partial charge is 0.213 e. The molecule has 6 nitrogen and oxygen atoms in total. The van der Waals surface area contributed by atoms with Crippen molar-refractivity contribution >= 4 is 22.4 Å². The normalized spacial score (nSPS) is 13.7. The summed E-state index contributed by atoms with van der Waals surface area (Å²) in [6.45, 7) is 4.00. The van der Waals surface area contributed by atoms with Gasteiger partial charge in [-0.1, -0.05) is 26.0 Å². The van der Waals surface area contributed by atoms with Crippen molar-refractivity contribution in [2.75, 3.05) is 12.4 Å². The summed E-state index contributed by atoms with van der Waals surface area (Å²) in [6.07, 6.45) is 5.13. The SMILES string of the molecule is CC.COc1ccc(Nc2cc3nc4ccccc4n(-c4ccc(F)cc4)c-3cc2=NC2CCC2)cn1. The summed E-state index contributed by atoms with van der Waals surface area (Å²) in [5, 5.41) is 4.34. The van der Waals surface area contributed by atoms with Gasteiger partial charge in [0.25, 0.3) is 0 Å². The van der Waals surface area contributed by atoms with Crippen LogP contribution in [0.15, 0.2) is 84.0 Å². The number of fused-ring (bicyclic) bond motifs is 2. The number of rotatable bonds is 5. The molecule has 0 amide bonds. The van der Waals surface area contributed by atoms with Gasteiger partial charge in [0.15, 0.2) is 0 Å². The Bertz CT molecular complexity index is 1540. The zero-order chi connectivity index (χ0) is 25.8. The van der Waals surface area contributed by atoms with Crippen LogP contribution in [-0.2, 0) is 0 Å². The molecule has 0 saturated heterocycles. The Morgan fingerprint density at radius 1 is 1.00 bits per heavy atom. The Labute approximate surface area is 215 Å². The summed E-state index contributed by atoms with van der Waals surface area (Å²) >= 11 is 0. The van der Waals surface area contributed by atoms with Crippen LogP contribution in [0.4, 0.5) is 15.8 Å². The van der Waals surface area contributed by atoms with E-state index in [0.29, 0.717) is 11.9 Å². The Kier molecular flexibility index (Phi) is 7.12. The second kappa shape index (κ2) is 10.8. The van der Waals surface area contributed by atoms with Crippen molar-refractivity contribution in [3.8, 4) is 23.0 Å². The lowest BCUT2D eigenvalue weighted by Crippen LogP contribution is -2.22. The van der Waals surface area contributed by atoms with E-state index in [4.69, 9.17) is 14.7 Å². The second-order valence-corrected chi connectivity index (χ2v) is 8.70. The number of pyridine rings is 1. The molecule has 0 unspecified atom stereocenters. The Hall–Kier alpha value is -4.26. The molecule has 1 aromatic heterocycles. The molecule has 7 heteroatoms. The highest BCUT2D eigenvalue weighted by Crippen LogP contribution is 2.31. The number of hydrogen-bond donors (Lipinski definition) is 1. The minimum absolute atomic E-state index is 0.266. The standard InChI is InChI=1S/C28H24FN5O.C2H6/c1-35-28-14-11-20(17-30-28)32-23-15-25-27(16-24(23)31-19-5-4-6-19)34(21-12-9-18(29)10-13-21)26-8-3-2-7-22(26)33-25;1-2/h2-3,7-17,19,32H,4-6H2,1H3;1-2H3. The third-order valence-electron chi connectivity index (χ3n) is 6.40. The van der Waals surface area contributed by atoms with Crippen molar-refractivity contribution in [2.24, 2.45) is 4.99 Å². The Morgan fingerprint density at radius 3 is 2.46 bits per heavy atom. The van der Waals surface area contributed by atoms with E-state index in [-0.39, 0.29) is 5.82 Å². The lowest BCUT2D eigenvalue weighted by atomic mass is 9.94. The summed E-state index contributed by atoms with van der Waals surface area (Å²) < 4.78 is 21.0. The van der Waals surface area contributed by atoms with Crippen LogP contribution in [0.5, 0.6) is 5.88 Å². The summed E-state index contributed by atoms with van der Waals surface area (Å²) in [4.78, 5) is 14.3. The van der Waals surface area contributed by atoms with Crippen LogP contribution in [0, 0.1) is 5.82 Å². The van der Waals surface area contributed by atoms with E-state index in [1.54, 1.807) is 25.4 Å². The molecular formula is C30H30FN5O. The van der Waals surface area contributed by atoms with E-state index in [2.05, 4.69) is 20.9 Å². The maximum atomic E-state index is 13.7. The molecular weight excluding hydrogens is 465 g/mol. The fourth-order valence-electron chi connectivity index (χ4n) is 4.36. The largest absolute Gasteiger partial charge is 0.481 e. The van der Waals surface area contributed by atoms with E-state index in [9.17, 15) is 4.39 Å². The molecule has 0 radical (unpaired) electrons. The van der Waals surface area contributed by atoms with Gasteiger partial charge in [-0.15, -0.1) is 0 Å². The third kappa shape index (κ3) is 5.03. The van der Waals surface area contributed by atoms with Gasteiger partial charge >= 0.3 is 0 Å². The number of ether oxygens (including phenoxy) is 1. The van der Waals surface area contributed by atoms with Crippen molar-refractivity contribution in [1.29, 1.82) is 0 Å². The third-order valence-corrected chi connectivity index (χ3v) is 6.40. The quantitative estimate of drug-likeness (QED) is 0.270. The lowest BCUT2D eigenvalue weighted by molar-refractivity contribution is 0.398. The monoisotopic (exact) mass is 495 g/mol. The zero-order valence-electron chi connectivity index (χ0n) is 21.3. The van der Waals surface area contributed by atoms with Gasteiger partial charge in [-0.2, -0.15) is 0 Å². The van der Waals surface area contributed by atoms with Crippen molar-refractivity contribution < 1.29 is 9.13 Å². The number of anilines is 2. The van der Waals surface area contributed by atoms with Crippen LogP contribution in [0.1, 0.15) is 33.1 Å². The van der Waals surface area contributed by atoms with Crippen molar-refractivity contribution in [3.05, 3.63) is 90.2 Å². The van der Waals surface area contributed by atoms with Gasteiger partial charge in [-0.05, 0) is 73.9 Å². The van der Waals surface area contributed by atoms with Crippen LogP contribution in [-0.4, -0.2) is 27.7 Å². The first-order valence-electron chi connectivity index (χ1n) is 12.7. The highest BCUT2D eigenvalue weighted by molar-refractivity contribution is 5.84.